The van der Waals surface area contributed by atoms with Crippen LogP contribution in [0.1, 0.15) is 18.3 Å². The van der Waals surface area contributed by atoms with E-state index in [4.69, 9.17) is 5.26 Å². The minimum atomic E-state index is -0.414. The SMILES string of the molecule is CCn1c(Cn2ccnc2-c2ncccc2F)nc2cc(C#N)ccc21. The number of hydrogen-bond donors (Lipinski definition) is 0. The first-order chi connectivity index (χ1) is 12.7. The summed E-state index contributed by atoms with van der Waals surface area (Å²) in [6.45, 7) is 3.20. The number of hydrogen-bond acceptors (Lipinski definition) is 4. The summed E-state index contributed by atoms with van der Waals surface area (Å²) in [7, 11) is 0. The number of nitrogens with zero attached hydrogens (tertiary/aromatic N) is 6. The van der Waals surface area contributed by atoms with E-state index in [1.807, 2.05) is 17.6 Å². The summed E-state index contributed by atoms with van der Waals surface area (Å²) in [5.74, 6) is 0.853. The maximum absolute atomic E-state index is 14.1. The molecule has 0 saturated heterocycles. The number of aromatic nitrogens is 5. The average Bonchev–Trinajstić information content (AvgIpc) is 3.25. The van der Waals surface area contributed by atoms with Crippen molar-refractivity contribution in [2.45, 2.75) is 20.0 Å². The van der Waals surface area contributed by atoms with Crippen molar-refractivity contribution in [2.24, 2.45) is 0 Å². The van der Waals surface area contributed by atoms with Gasteiger partial charge in [-0.1, -0.05) is 0 Å². The molecule has 4 aromatic rings. The number of fused-ring (bicyclic) bond motifs is 1. The highest BCUT2D eigenvalue weighted by molar-refractivity contribution is 5.77. The zero-order valence-corrected chi connectivity index (χ0v) is 14.1. The van der Waals surface area contributed by atoms with Crippen LogP contribution in [-0.2, 0) is 13.1 Å². The topological polar surface area (TPSA) is 72.3 Å². The summed E-state index contributed by atoms with van der Waals surface area (Å²) < 4.78 is 18.0. The lowest BCUT2D eigenvalue weighted by Crippen LogP contribution is -2.09. The van der Waals surface area contributed by atoms with Gasteiger partial charge in [0.1, 0.15) is 11.5 Å². The molecule has 4 rings (SSSR count). The van der Waals surface area contributed by atoms with Gasteiger partial charge >= 0.3 is 0 Å². The Bertz CT molecular complexity index is 1130. The highest BCUT2D eigenvalue weighted by atomic mass is 19.1. The third-order valence-corrected chi connectivity index (χ3v) is 4.27. The van der Waals surface area contributed by atoms with E-state index in [1.54, 1.807) is 36.8 Å². The minimum absolute atomic E-state index is 0.212. The Balaban J connectivity index is 1.79. The van der Waals surface area contributed by atoms with Crippen LogP contribution in [0.3, 0.4) is 0 Å². The quantitative estimate of drug-likeness (QED) is 0.568. The van der Waals surface area contributed by atoms with Crippen LogP contribution in [0.4, 0.5) is 4.39 Å². The predicted molar refractivity (Wildman–Crippen MR) is 94.6 cm³/mol. The molecule has 0 aliphatic carbocycles. The van der Waals surface area contributed by atoms with Crippen LogP contribution in [0.15, 0.2) is 48.9 Å². The molecular weight excluding hydrogens is 331 g/mol. The van der Waals surface area contributed by atoms with Crippen molar-refractivity contribution < 1.29 is 4.39 Å². The molecule has 128 valence electrons. The Labute approximate surface area is 149 Å². The number of rotatable bonds is 4. The monoisotopic (exact) mass is 346 g/mol. The second-order valence-electron chi connectivity index (χ2n) is 5.80. The van der Waals surface area contributed by atoms with Crippen molar-refractivity contribution in [2.75, 3.05) is 0 Å². The molecule has 0 unspecified atom stereocenters. The van der Waals surface area contributed by atoms with E-state index < -0.39 is 5.82 Å². The van der Waals surface area contributed by atoms with Crippen LogP contribution in [-0.4, -0.2) is 24.1 Å². The van der Waals surface area contributed by atoms with Crippen LogP contribution >= 0.6 is 0 Å². The van der Waals surface area contributed by atoms with Crippen molar-refractivity contribution in [3.8, 4) is 17.6 Å². The summed E-state index contributed by atoms with van der Waals surface area (Å²) in [4.78, 5) is 13.0. The van der Waals surface area contributed by atoms with E-state index in [2.05, 4.69) is 25.6 Å². The van der Waals surface area contributed by atoms with E-state index >= 15 is 0 Å². The molecule has 1 aromatic carbocycles. The van der Waals surface area contributed by atoms with E-state index in [-0.39, 0.29) is 5.69 Å². The summed E-state index contributed by atoms with van der Waals surface area (Å²) in [5, 5.41) is 9.09. The normalized spacial score (nSPS) is 11.0. The molecule has 0 fully saturated rings. The summed E-state index contributed by atoms with van der Waals surface area (Å²) in [6.07, 6.45) is 4.95. The fraction of sp³-hybridized carbons (Fsp3) is 0.158. The number of aryl methyl sites for hydroxylation is 1. The molecule has 0 aliphatic rings. The first kappa shape index (κ1) is 16.0. The third kappa shape index (κ3) is 2.62. The molecule has 3 aromatic heterocycles. The molecule has 0 spiro atoms. The van der Waals surface area contributed by atoms with Crippen molar-refractivity contribution in [1.82, 2.24) is 24.1 Å². The first-order valence-electron chi connectivity index (χ1n) is 8.22. The lowest BCUT2D eigenvalue weighted by molar-refractivity contribution is 0.618. The molecule has 0 amide bonds. The molecule has 0 atom stereocenters. The van der Waals surface area contributed by atoms with Gasteiger partial charge in [0.15, 0.2) is 11.6 Å². The fourth-order valence-electron chi connectivity index (χ4n) is 3.08. The Morgan fingerprint density at radius 3 is 2.85 bits per heavy atom. The Kier molecular flexibility index (Phi) is 3.93. The van der Waals surface area contributed by atoms with Crippen LogP contribution in [0.5, 0.6) is 0 Å². The van der Waals surface area contributed by atoms with Gasteiger partial charge in [0, 0.05) is 25.1 Å². The summed E-state index contributed by atoms with van der Waals surface area (Å²) in [5.41, 5.74) is 2.52. The molecule has 26 heavy (non-hydrogen) atoms. The number of halogens is 1. The second kappa shape index (κ2) is 6.41. The first-order valence-corrected chi connectivity index (χ1v) is 8.22. The highest BCUT2D eigenvalue weighted by Crippen LogP contribution is 2.22. The van der Waals surface area contributed by atoms with Crippen LogP contribution < -0.4 is 0 Å². The molecule has 0 radical (unpaired) electrons. The number of benzene rings is 1. The maximum atomic E-state index is 14.1. The summed E-state index contributed by atoms with van der Waals surface area (Å²) >= 11 is 0. The lowest BCUT2D eigenvalue weighted by atomic mass is 10.2. The van der Waals surface area contributed by atoms with Gasteiger partial charge in [-0.15, -0.1) is 0 Å². The van der Waals surface area contributed by atoms with Gasteiger partial charge in [-0.2, -0.15) is 5.26 Å². The standard InChI is InChI=1S/C19H15FN6/c1-2-26-16-6-5-13(11-21)10-15(16)24-17(26)12-25-9-8-23-19(25)18-14(20)4-3-7-22-18/h3-10H,2,12H2,1H3. The number of pyridine rings is 1. The van der Waals surface area contributed by atoms with Gasteiger partial charge in [-0.25, -0.2) is 19.3 Å². The maximum Gasteiger partial charge on any atom is 0.162 e. The van der Waals surface area contributed by atoms with Crippen molar-refractivity contribution in [1.29, 1.82) is 5.26 Å². The van der Waals surface area contributed by atoms with Gasteiger partial charge in [0.05, 0.1) is 29.2 Å². The zero-order valence-electron chi connectivity index (χ0n) is 14.1. The van der Waals surface area contributed by atoms with E-state index in [1.165, 1.54) is 6.07 Å². The van der Waals surface area contributed by atoms with E-state index in [0.717, 1.165) is 23.4 Å². The van der Waals surface area contributed by atoms with Gasteiger partial charge < -0.3 is 9.13 Å². The van der Waals surface area contributed by atoms with Gasteiger partial charge in [0.2, 0.25) is 0 Å². The molecule has 7 heteroatoms. The fourth-order valence-corrected chi connectivity index (χ4v) is 3.08. The molecule has 0 saturated carbocycles. The third-order valence-electron chi connectivity index (χ3n) is 4.27. The lowest BCUT2D eigenvalue weighted by Gasteiger charge is -2.10. The van der Waals surface area contributed by atoms with Crippen molar-refractivity contribution >= 4 is 11.0 Å². The van der Waals surface area contributed by atoms with Crippen LogP contribution in [0, 0.1) is 17.1 Å². The molecule has 3 heterocycles. The number of nitriles is 1. The molecule has 0 N–H and O–H groups in total. The zero-order chi connectivity index (χ0) is 18.1. The molecule has 0 aliphatic heterocycles. The largest absolute Gasteiger partial charge is 0.327 e. The van der Waals surface area contributed by atoms with Crippen LogP contribution in [0.2, 0.25) is 0 Å². The second-order valence-corrected chi connectivity index (χ2v) is 5.80. The van der Waals surface area contributed by atoms with Gasteiger partial charge in [0.25, 0.3) is 0 Å². The molecule has 6 nitrogen and oxygen atoms in total. The Morgan fingerprint density at radius 1 is 1.19 bits per heavy atom. The van der Waals surface area contributed by atoms with Crippen LogP contribution in [0.25, 0.3) is 22.6 Å². The average molecular weight is 346 g/mol. The molecule has 0 bridgehead atoms. The minimum Gasteiger partial charge on any atom is -0.327 e. The van der Waals surface area contributed by atoms with Crippen molar-refractivity contribution in [3.63, 3.8) is 0 Å². The number of imidazole rings is 2. The Hall–Kier alpha value is -3.53. The van der Waals surface area contributed by atoms with E-state index in [0.29, 0.717) is 17.9 Å². The summed E-state index contributed by atoms with van der Waals surface area (Å²) in [6, 6.07) is 10.5. The van der Waals surface area contributed by atoms with Crippen molar-refractivity contribution in [3.05, 3.63) is 66.1 Å². The van der Waals surface area contributed by atoms with E-state index in [9.17, 15) is 4.39 Å². The smallest absolute Gasteiger partial charge is 0.162 e. The highest BCUT2D eigenvalue weighted by Gasteiger charge is 2.16. The Morgan fingerprint density at radius 2 is 2.08 bits per heavy atom. The molecular formula is C19H15FN6. The predicted octanol–water partition coefficient (Wildman–Crippen LogP) is 3.37. The van der Waals surface area contributed by atoms with Gasteiger partial charge in [-0.05, 0) is 37.3 Å². The van der Waals surface area contributed by atoms with Gasteiger partial charge in [-0.3, -0.25) is 0 Å².